The van der Waals surface area contributed by atoms with Crippen LogP contribution in [0.15, 0.2) is 0 Å². The molecule has 0 aromatic heterocycles. The molecule has 0 rings (SSSR count). The molecule has 1 amide bonds. The van der Waals surface area contributed by atoms with Crippen LogP contribution in [0.25, 0.3) is 0 Å². The van der Waals surface area contributed by atoms with Crippen LogP contribution in [-0.2, 0) is 54.2 Å². The standard InChI is InChI=1S/C6H11NO2.Hg.V/c1-3-9-5-4-6(8)7-2;;/h1-5H2,(H,7,8);;/q-1;;. The summed E-state index contributed by atoms with van der Waals surface area (Å²) in [6.45, 7) is 4.42. The van der Waals surface area contributed by atoms with Crippen molar-refractivity contribution in [2.45, 2.75) is 6.42 Å². The number of amides is 1. The van der Waals surface area contributed by atoms with E-state index < -0.39 is 0 Å². The van der Waals surface area contributed by atoms with Gasteiger partial charge in [-0.25, -0.2) is 0 Å². The number of carbonyl (C=O) groups is 1. The molecule has 0 spiro atoms. The predicted octanol–water partition coefficient (Wildman–Crippen LogP) is -0.155. The SMILES string of the molecule is [CH2-]COCCC(=O)N[CH2][Hg].[V]. The van der Waals surface area contributed by atoms with E-state index in [0.29, 0.717) is 45.8 Å². The molecule has 0 unspecified atom stereocenters. The van der Waals surface area contributed by atoms with E-state index in [4.69, 9.17) is 4.74 Å². The van der Waals surface area contributed by atoms with Crippen LogP contribution in [0.3, 0.4) is 0 Å². The Hall–Kier alpha value is 0.949. The molecule has 1 radical (unpaired) electrons. The molecule has 0 aliphatic carbocycles. The Balaban J connectivity index is 0. The van der Waals surface area contributed by atoms with Crippen LogP contribution in [-0.4, -0.2) is 23.2 Å². The summed E-state index contributed by atoms with van der Waals surface area (Å²) < 4.78 is 5.77. The van der Waals surface area contributed by atoms with E-state index in [9.17, 15) is 4.79 Å². The van der Waals surface area contributed by atoms with Crippen molar-refractivity contribution in [2.75, 3.05) is 17.3 Å². The van der Waals surface area contributed by atoms with E-state index in [1.165, 1.54) is 0 Å². The van der Waals surface area contributed by atoms with Gasteiger partial charge in [-0.1, -0.05) is 0 Å². The second-order valence-corrected chi connectivity index (χ2v) is 3.66. The molecule has 0 aromatic carbocycles. The zero-order valence-corrected chi connectivity index (χ0v) is 13.4. The van der Waals surface area contributed by atoms with Crippen molar-refractivity contribution >= 4 is 5.91 Å². The maximum absolute atomic E-state index is 10.7. The number of nitrogens with one attached hydrogen (secondary N) is 1. The summed E-state index contributed by atoms with van der Waals surface area (Å²) in [4.78, 5) is 10.7. The summed E-state index contributed by atoms with van der Waals surface area (Å²) in [7, 11) is 0. The van der Waals surface area contributed by atoms with Crippen molar-refractivity contribution in [3.8, 4) is 0 Å². The predicted molar refractivity (Wildman–Crippen MR) is 33.8 cm³/mol. The van der Waals surface area contributed by atoms with Crippen molar-refractivity contribution in [3.05, 3.63) is 6.92 Å². The third-order valence-corrected chi connectivity index (χ3v) is 1.91. The minimum Gasteiger partial charge on any atom is 0 e. The maximum Gasteiger partial charge on any atom is 0 e. The molecule has 0 heterocycles. The Bertz CT molecular complexity index is 103. The molecule has 1 N–H and O–H groups in total. The van der Waals surface area contributed by atoms with Gasteiger partial charge in [-0.05, 0) is 0 Å². The molecule has 0 atom stereocenters. The quantitative estimate of drug-likeness (QED) is 0.409. The van der Waals surface area contributed by atoms with Gasteiger partial charge in [0, 0.05) is 18.6 Å². The van der Waals surface area contributed by atoms with Gasteiger partial charge < -0.3 is 0 Å². The van der Waals surface area contributed by atoms with Crippen LogP contribution >= 0.6 is 0 Å². The molecule has 0 aliphatic rings. The summed E-state index contributed by atoms with van der Waals surface area (Å²) >= 11 is 0.660. The minimum atomic E-state index is 0. The normalized spacial score (nSPS) is 8.64. The topological polar surface area (TPSA) is 38.3 Å². The van der Waals surface area contributed by atoms with Gasteiger partial charge in [0.2, 0.25) is 0 Å². The van der Waals surface area contributed by atoms with Crippen LogP contribution in [0.2, 0.25) is 0 Å². The minimum absolute atomic E-state index is 0. The molecule has 0 aromatic rings. The third-order valence-electron chi connectivity index (χ3n) is 0.940. The number of carbonyl (C=O) groups excluding carboxylic acids is 1. The summed E-state index contributed by atoms with van der Waals surface area (Å²) in [5.74, 6) is 0.0865. The van der Waals surface area contributed by atoms with Gasteiger partial charge in [0.1, 0.15) is 0 Å². The Labute approximate surface area is 95.5 Å². The van der Waals surface area contributed by atoms with Crippen molar-refractivity contribution in [2.24, 2.45) is 0 Å². The van der Waals surface area contributed by atoms with Crippen molar-refractivity contribution in [3.63, 3.8) is 0 Å². The maximum atomic E-state index is 10.7. The largest absolute Gasteiger partial charge is 0 e. The fourth-order valence-corrected chi connectivity index (χ4v) is 1.58. The zero-order valence-electron chi connectivity index (χ0n) is 6.51. The third kappa shape index (κ3) is 10.9. The fourth-order valence-electron chi connectivity index (χ4n) is 0.495. The van der Waals surface area contributed by atoms with E-state index in [1.807, 2.05) is 0 Å². The molecule has 0 aliphatic heterocycles. The molecule has 0 bridgehead atoms. The first-order valence-corrected chi connectivity index (χ1v) is 7.13. The first kappa shape index (κ1) is 14.5. The Kier molecular flexibility index (Phi) is 14.4. The van der Waals surface area contributed by atoms with Gasteiger partial charge in [0.15, 0.2) is 0 Å². The molecule has 11 heavy (non-hydrogen) atoms. The first-order chi connectivity index (χ1) is 4.81. The number of hydrogen-bond donors (Lipinski definition) is 1. The van der Waals surface area contributed by atoms with Crippen LogP contribution in [0.4, 0.5) is 0 Å². The monoisotopic (exact) mass is 382 g/mol. The Morgan fingerprint density at radius 3 is 2.73 bits per heavy atom. The van der Waals surface area contributed by atoms with E-state index in [1.54, 1.807) is 0 Å². The molecule has 5 heteroatoms. The average Bonchev–Trinajstić information content (AvgIpc) is 1.89. The number of hydrogen-bond acceptors (Lipinski definition) is 2. The van der Waals surface area contributed by atoms with Gasteiger partial charge >= 0.3 is 77.5 Å². The number of ether oxygens (including phenoxy) is 1. The number of rotatable bonds is 5. The second kappa shape index (κ2) is 10.9. The van der Waals surface area contributed by atoms with Gasteiger partial charge in [-0.2, -0.15) is 0 Å². The van der Waals surface area contributed by atoms with Crippen LogP contribution in [0.5, 0.6) is 0 Å². The summed E-state index contributed by atoms with van der Waals surface area (Å²) in [5.41, 5.74) is 0. The molecule has 0 saturated carbocycles. The molecular weight excluding hydrogens is 370 g/mol. The Morgan fingerprint density at radius 2 is 2.27 bits per heavy atom. The van der Waals surface area contributed by atoms with E-state index in [-0.39, 0.29) is 24.5 Å². The van der Waals surface area contributed by atoms with Crippen LogP contribution in [0.1, 0.15) is 6.42 Å². The Morgan fingerprint density at radius 1 is 1.64 bits per heavy atom. The van der Waals surface area contributed by atoms with Gasteiger partial charge in [0.05, 0.1) is 0 Å². The van der Waals surface area contributed by atoms with E-state index in [2.05, 4.69) is 12.2 Å². The summed E-state index contributed by atoms with van der Waals surface area (Å²) in [5, 5.41) is 2.75. The molecule has 0 fully saturated rings. The second-order valence-electron chi connectivity index (χ2n) is 1.71. The van der Waals surface area contributed by atoms with Crippen LogP contribution < -0.4 is 5.32 Å². The zero-order chi connectivity index (χ0) is 7.82. The van der Waals surface area contributed by atoms with Gasteiger partial charge in [-0.3, -0.25) is 0 Å². The van der Waals surface area contributed by atoms with Gasteiger partial charge in [-0.15, -0.1) is 0 Å². The van der Waals surface area contributed by atoms with Crippen LogP contribution in [0, 0.1) is 6.92 Å². The van der Waals surface area contributed by atoms with Crippen molar-refractivity contribution in [1.29, 1.82) is 0 Å². The van der Waals surface area contributed by atoms with Crippen molar-refractivity contribution < 1.29 is 54.2 Å². The molecule has 3 nitrogen and oxygen atoms in total. The first-order valence-electron chi connectivity index (χ1n) is 3.24. The smallest absolute Gasteiger partial charge is 0 e. The molecule has 0 saturated heterocycles. The van der Waals surface area contributed by atoms with E-state index in [0.717, 1.165) is 4.05 Å². The molecule has 60 valence electrons. The molecular formula is C6H11HgNO2V-. The van der Waals surface area contributed by atoms with E-state index >= 15 is 0 Å². The average molecular weight is 381 g/mol. The summed E-state index contributed by atoms with van der Waals surface area (Å²) in [6.07, 6.45) is 0.465. The van der Waals surface area contributed by atoms with Crippen molar-refractivity contribution in [1.82, 2.24) is 5.32 Å². The van der Waals surface area contributed by atoms with Gasteiger partial charge in [0.25, 0.3) is 0 Å². The summed E-state index contributed by atoms with van der Waals surface area (Å²) in [6, 6.07) is 0. The fraction of sp³-hybridized carbons (Fsp3) is 0.667.